The third-order valence-corrected chi connectivity index (χ3v) is 21.7. The molecule has 3 N–H and O–H groups in total. The maximum atomic E-state index is 13.1. The lowest BCUT2D eigenvalue weighted by molar-refractivity contribution is -0.161. The van der Waals surface area contributed by atoms with Crippen LogP contribution >= 0.6 is 15.6 Å². The molecule has 0 amide bonds. The van der Waals surface area contributed by atoms with E-state index >= 15 is 0 Å². The maximum absolute atomic E-state index is 13.1. The minimum atomic E-state index is -4.96. The first-order valence-electron chi connectivity index (χ1n) is 43.6. The molecular formula is C84H164O17P2. The van der Waals surface area contributed by atoms with Crippen molar-refractivity contribution in [3.8, 4) is 0 Å². The summed E-state index contributed by atoms with van der Waals surface area (Å²) >= 11 is 0. The standard InChI is InChI=1S/C84H164O17P2/c1-6-9-12-15-18-21-23-25-27-31-36-39-43-48-53-58-63-68-82(87)95-74-80(101-84(89)70-65-60-55-50-45-41-37-33-30-29-32-34-38-42-47-51-56-61-66-77(4)5)76-99-103(92,93)97-72-78(85)71-96-102(90,91)98-75-79(73-94-81(86)67-62-57-52-46-20-17-14-11-8-3)100-83(88)69-64-59-54-49-44-40-35-28-26-24-22-19-16-13-10-7-2/h77-80,85H,6-76H2,1-5H3,(H,90,91)(H,92,93)/t78-,79+,80+/m0/s1. The number of phosphoric ester groups is 2. The first kappa shape index (κ1) is 101. The van der Waals surface area contributed by atoms with Crippen molar-refractivity contribution in [2.24, 2.45) is 5.92 Å². The number of rotatable bonds is 84. The van der Waals surface area contributed by atoms with Crippen LogP contribution in [0.4, 0.5) is 0 Å². The van der Waals surface area contributed by atoms with E-state index in [2.05, 4.69) is 34.6 Å². The quantitative estimate of drug-likeness (QED) is 0.0222. The Hall–Kier alpha value is -1.94. The summed E-state index contributed by atoms with van der Waals surface area (Å²) in [6.07, 6.45) is 69.4. The van der Waals surface area contributed by atoms with Gasteiger partial charge in [-0.1, -0.05) is 401 Å². The van der Waals surface area contributed by atoms with Crippen LogP contribution in [0.1, 0.15) is 452 Å². The van der Waals surface area contributed by atoms with Crippen LogP contribution in [0, 0.1) is 5.92 Å². The topological polar surface area (TPSA) is 237 Å². The zero-order valence-electron chi connectivity index (χ0n) is 67.5. The van der Waals surface area contributed by atoms with E-state index in [1.54, 1.807) is 0 Å². The van der Waals surface area contributed by atoms with Crippen LogP contribution in [0.2, 0.25) is 0 Å². The number of aliphatic hydroxyl groups is 1. The Morgan fingerprint density at radius 1 is 0.262 bits per heavy atom. The highest BCUT2D eigenvalue weighted by atomic mass is 31.2. The molecule has 0 bridgehead atoms. The first-order chi connectivity index (χ1) is 50.0. The van der Waals surface area contributed by atoms with Crippen LogP contribution in [0.25, 0.3) is 0 Å². The first-order valence-corrected chi connectivity index (χ1v) is 46.6. The molecular weight excluding hydrogens is 1340 g/mol. The van der Waals surface area contributed by atoms with Crippen molar-refractivity contribution >= 4 is 39.5 Å². The number of unbranched alkanes of at least 4 members (excludes halogenated alkanes) is 56. The van der Waals surface area contributed by atoms with Crippen LogP contribution in [0.15, 0.2) is 0 Å². The van der Waals surface area contributed by atoms with Gasteiger partial charge in [0.25, 0.3) is 0 Å². The van der Waals surface area contributed by atoms with Crippen molar-refractivity contribution in [3.05, 3.63) is 0 Å². The summed E-state index contributed by atoms with van der Waals surface area (Å²) in [5.41, 5.74) is 0. The van der Waals surface area contributed by atoms with Gasteiger partial charge in [0.2, 0.25) is 0 Å². The number of phosphoric acid groups is 2. The molecule has 0 radical (unpaired) electrons. The molecule has 103 heavy (non-hydrogen) atoms. The predicted molar refractivity (Wildman–Crippen MR) is 423 cm³/mol. The Balaban J connectivity index is 5.20. The molecule has 17 nitrogen and oxygen atoms in total. The molecule has 0 aliphatic rings. The highest BCUT2D eigenvalue weighted by Crippen LogP contribution is 2.45. The van der Waals surface area contributed by atoms with E-state index in [0.29, 0.717) is 25.7 Å². The van der Waals surface area contributed by atoms with Gasteiger partial charge >= 0.3 is 39.5 Å². The van der Waals surface area contributed by atoms with Crippen molar-refractivity contribution in [2.75, 3.05) is 39.6 Å². The lowest BCUT2D eigenvalue weighted by Crippen LogP contribution is -2.30. The average Bonchev–Trinajstić information content (AvgIpc) is 0.907. The second kappa shape index (κ2) is 76.8. The van der Waals surface area contributed by atoms with Crippen LogP contribution in [0.5, 0.6) is 0 Å². The van der Waals surface area contributed by atoms with Crippen molar-refractivity contribution < 1.29 is 80.2 Å². The highest BCUT2D eigenvalue weighted by molar-refractivity contribution is 7.47. The Kier molecular flexibility index (Phi) is 75.4. The number of carbonyl (C=O) groups is 4. The minimum absolute atomic E-state index is 0.109. The van der Waals surface area contributed by atoms with Gasteiger partial charge in [0.05, 0.1) is 26.4 Å². The van der Waals surface area contributed by atoms with E-state index in [-0.39, 0.29) is 25.7 Å². The second-order valence-corrected chi connectivity index (χ2v) is 33.6. The molecule has 0 rings (SSSR count). The molecule has 0 saturated carbocycles. The lowest BCUT2D eigenvalue weighted by Gasteiger charge is -2.21. The molecule has 612 valence electrons. The molecule has 0 heterocycles. The summed E-state index contributed by atoms with van der Waals surface area (Å²) in [6, 6.07) is 0. The Labute approximate surface area is 632 Å². The van der Waals surface area contributed by atoms with E-state index in [1.165, 1.54) is 276 Å². The molecule has 0 aliphatic heterocycles. The molecule has 0 spiro atoms. The third kappa shape index (κ3) is 78.0. The smallest absolute Gasteiger partial charge is 0.462 e. The van der Waals surface area contributed by atoms with Gasteiger partial charge in [0, 0.05) is 25.7 Å². The summed E-state index contributed by atoms with van der Waals surface area (Å²) < 4.78 is 68.8. The van der Waals surface area contributed by atoms with Gasteiger partial charge in [-0.2, -0.15) is 0 Å². The number of hydrogen-bond acceptors (Lipinski definition) is 15. The molecule has 0 fully saturated rings. The Bertz CT molecular complexity index is 1960. The molecule has 0 aliphatic carbocycles. The summed E-state index contributed by atoms with van der Waals surface area (Å²) in [6.45, 7) is 7.38. The van der Waals surface area contributed by atoms with Crippen LogP contribution < -0.4 is 0 Å². The fourth-order valence-electron chi connectivity index (χ4n) is 13.1. The van der Waals surface area contributed by atoms with E-state index in [1.807, 2.05) is 0 Å². The number of aliphatic hydroxyl groups excluding tert-OH is 1. The maximum Gasteiger partial charge on any atom is 0.472 e. The van der Waals surface area contributed by atoms with E-state index in [4.69, 9.17) is 37.0 Å². The van der Waals surface area contributed by atoms with Gasteiger partial charge in [-0.15, -0.1) is 0 Å². The zero-order valence-corrected chi connectivity index (χ0v) is 69.3. The highest BCUT2D eigenvalue weighted by Gasteiger charge is 2.30. The summed E-state index contributed by atoms with van der Waals surface area (Å²) in [4.78, 5) is 73.1. The van der Waals surface area contributed by atoms with Crippen molar-refractivity contribution in [1.29, 1.82) is 0 Å². The molecule has 0 aromatic rings. The number of esters is 4. The third-order valence-electron chi connectivity index (χ3n) is 19.8. The number of carbonyl (C=O) groups excluding carboxylic acids is 4. The van der Waals surface area contributed by atoms with Gasteiger partial charge in [0.15, 0.2) is 12.2 Å². The Morgan fingerprint density at radius 2 is 0.447 bits per heavy atom. The second-order valence-electron chi connectivity index (χ2n) is 30.7. The molecule has 0 saturated heterocycles. The Morgan fingerprint density at radius 3 is 0.660 bits per heavy atom. The SMILES string of the molecule is CCCCCCCCCCCCCCCCCCCC(=O)OC[C@H](COP(=O)(O)OC[C@@H](O)COP(=O)(O)OC[C@@H](COC(=O)CCCCCCCCCCC)OC(=O)CCCCCCCCCCCCCCCCCC)OC(=O)CCCCCCCCCCCCCCCCCCCCC(C)C. The summed E-state index contributed by atoms with van der Waals surface area (Å²) in [5.74, 6) is -1.28. The van der Waals surface area contributed by atoms with Crippen molar-refractivity contribution in [1.82, 2.24) is 0 Å². The number of ether oxygens (including phenoxy) is 4. The van der Waals surface area contributed by atoms with E-state index in [9.17, 15) is 43.2 Å². The van der Waals surface area contributed by atoms with Crippen LogP contribution in [0.3, 0.4) is 0 Å². The molecule has 0 aromatic carbocycles. The van der Waals surface area contributed by atoms with Gasteiger partial charge < -0.3 is 33.8 Å². The van der Waals surface area contributed by atoms with Gasteiger partial charge in [0.1, 0.15) is 19.3 Å². The molecule has 19 heteroatoms. The normalized spacial score (nSPS) is 13.8. The van der Waals surface area contributed by atoms with E-state index in [0.717, 1.165) is 95.8 Å². The summed E-state index contributed by atoms with van der Waals surface area (Å²) in [7, 11) is -9.92. The van der Waals surface area contributed by atoms with Gasteiger partial charge in [-0.05, 0) is 31.6 Å². The summed E-state index contributed by atoms with van der Waals surface area (Å²) in [5, 5.41) is 10.7. The van der Waals surface area contributed by atoms with Gasteiger partial charge in [-0.25, -0.2) is 9.13 Å². The van der Waals surface area contributed by atoms with Crippen LogP contribution in [-0.4, -0.2) is 96.7 Å². The lowest BCUT2D eigenvalue weighted by atomic mass is 10.0. The molecule has 0 aromatic heterocycles. The number of hydrogen-bond donors (Lipinski definition) is 3. The van der Waals surface area contributed by atoms with Gasteiger partial charge in [-0.3, -0.25) is 37.3 Å². The monoisotopic (exact) mass is 1510 g/mol. The molecule has 2 unspecified atom stereocenters. The van der Waals surface area contributed by atoms with Crippen molar-refractivity contribution in [2.45, 2.75) is 470 Å². The fourth-order valence-corrected chi connectivity index (χ4v) is 14.7. The van der Waals surface area contributed by atoms with Crippen molar-refractivity contribution in [3.63, 3.8) is 0 Å². The molecule has 5 atom stereocenters. The fraction of sp³-hybridized carbons (Fsp3) is 0.952. The zero-order chi connectivity index (χ0) is 75.5. The minimum Gasteiger partial charge on any atom is -0.462 e. The largest absolute Gasteiger partial charge is 0.472 e. The predicted octanol–water partition coefficient (Wildman–Crippen LogP) is 25.6. The van der Waals surface area contributed by atoms with Crippen LogP contribution in [-0.2, 0) is 65.4 Å². The average molecular weight is 1510 g/mol. The van der Waals surface area contributed by atoms with E-state index < -0.39 is 97.5 Å².